The van der Waals surface area contributed by atoms with E-state index >= 15 is 0 Å². The molecule has 2 rings (SSSR count). The maximum absolute atomic E-state index is 12.1. The minimum atomic E-state index is -0.917. The maximum atomic E-state index is 12.1. The highest BCUT2D eigenvalue weighted by Gasteiger charge is 2.26. The Kier molecular flexibility index (Phi) is 13.1. The summed E-state index contributed by atoms with van der Waals surface area (Å²) in [5, 5.41) is 0. The third-order valence-electron chi connectivity index (χ3n) is 6.99. The van der Waals surface area contributed by atoms with Crippen molar-refractivity contribution in [1.29, 1.82) is 0 Å². The van der Waals surface area contributed by atoms with Gasteiger partial charge >= 0.3 is 12.3 Å². The quantitative estimate of drug-likeness (QED) is 0.0646. The monoisotopic (exact) mass is 572 g/mol. The first kappa shape index (κ1) is 34.1. The molecule has 0 fully saturated rings. The van der Waals surface area contributed by atoms with Crippen molar-refractivity contribution in [3.63, 3.8) is 0 Å². The van der Waals surface area contributed by atoms with E-state index in [1.165, 1.54) is 0 Å². The highest BCUT2D eigenvalue weighted by atomic mass is 17.2. The zero-order chi connectivity index (χ0) is 30.5. The van der Waals surface area contributed by atoms with Crippen molar-refractivity contribution in [3.05, 3.63) is 59.7 Å². The number of unbranched alkanes of at least 4 members (excludes halogenated alkanes) is 4. The molecule has 0 saturated heterocycles. The fourth-order valence-electron chi connectivity index (χ4n) is 4.25. The zero-order valence-electron chi connectivity index (χ0n) is 26.0. The summed E-state index contributed by atoms with van der Waals surface area (Å²) in [5.41, 5.74) is 0.454. The Bertz CT molecular complexity index is 986. The molecule has 0 atom stereocenters. The lowest BCUT2D eigenvalue weighted by molar-refractivity contribution is -0.314. The third-order valence-corrected chi connectivity index (χ3v) is 6.99. The molecule has 0 saturated carbocycles. The zero-order valence-corrected chi connectivity index (χ0v) is 26.0. The predicted octanol–water partition coefficient (Wildman–Crippen LogP) is 9.62. The van der Waals surface area contributed by atoms with Gasteiger partial charge in [-0.2, -0.15) is 9.78 Å². The van der Waals surface area contributed by atoms with E-state index < -0.39 is 23.5 Å². The second-order valence-electron chi connectivity index (χ2n) is 12.1. The Hall–Kier alpha value is -3.10. The molecule has 228 valence electrons. The molecule has 8 nitrogen and oxygen atoms in total. The molecule has 0 radical (unpaired) electrons. The van der Waals surface area contributed by atoms with Gasteiger partial charge in [0, 0.05) is 5.41 Å². The normalized spacial score (nSPS) is 12.1. The molecule has 8 heteroatoms. The number of hydrogen-bond acceptors (Lipinski definition) is 8. The highest BCUT2D eigenvalue weighted by Crippen LogP contribution is 2.33. The van der Waals surface area contributed by atoms with E-state index in [4.69, 9.17) is 29.0 Å². The topological polar surface area (TPSA) is 89.5 Å². The summed E-state index contributed by atoms with van der Waals surface area (Å²) in [4.78, 5) is 44.6. The minimum absolute atomic E-state index is 0.347. The molecule has 0 unspecified atom stereocenters. The fraction of sp³-hybridized carbons (Fsp3) is 0.576. The number of hydrogen-bond donors (Lipinski definition) is 0. The van der Waals surface area contributed by atoms with E-state index in [0.29, 0.717) is 11.5 Å². The maximum Gasteiger partial charge on any atom is 0.546 e. The van der Waals surface area contributed by atoms with Gasteiger partial charge in [0.05, 0.1) is 0 Å². The number of rotatable bonds is 16. The van der Waals surface area contributed by atoms with Crippen LogP contribution in [0, 0.1) is 0 Å². The molecule has 0 aromatic heterocycles. The first-order valence-corrected chi connectivity index (χ1v) is 14.6. The van der Waals surface area contributed by atoms with Gasteiger partial charge in [0.15, 0.2) is 0 Å². The van der Waals surface area contributed by atoms with E-state index in [-0.39, 0.29) is 5.41 Å². The SMILES string of the molecule is CCCCCC(C)(C)OOC(=O)Oc1ccc(C(C)(C)c2ccc(OC(=O)OOC(C)(C)CCCCC)cc2)cc1. The molecule has 0 N–H and O–H groups in total. The van der Waals surface area contributed by atoms with Crippen LogP contribution < -0.4 is 9.47 Å². The highest BCUT2D eigenvalue weighted by molar-refractivity contribution is 5.63. The largest absolute Gasteiger partial charge is 0.546 e. The summed E-state index contributed by atoms with van der Waals surface area (Å²) in [7, 11) is 0. The summed E-state index contributed by atoms with van der Waals surface area (Å²) < 4.78 is 10.5. The van der Waals surface area contributed by atoms with E-state index in [1.807, 2.05) is 52.0 Å². The van der Waals surface area contributed by atoms with Crippen LogP contribution in [0.2, 0.25) is 0 Å². The average Bonchev–Trinajstić information content (AvgIpc) is 2.92. The number of carbonyl (C=O) groups excluding carboxylic acids is 2. The van der Waals surface area contributed by atoms with Crippen LogP contribution in [0.1, 0.15) is 118 Å². The number of carbonyl (C=O) groups is 2. The Morgan fingerprint density at radius 3 is 1.22 bits per heavy atom. The summed E-state index contributed by atoms with van der Waals surface area (Å²) in [6.07, 6.45) is 6.12. The van der Waals surface area contributed by atoms with Crippen LogP contribution in [0.25, 0.3) is 0 Å². The molecule has 0 aliphatic heterocycles. The van der Waals surface area contributed by atoms with E-state index in [1.54, 1.807) is 24.3 Å². The summed E-state index contributed by atoms with van der Waals surface area (Å²) in [6, 6.07) is 14.4. The molecular formula is C33H48O8. The van der Waals surface area contributed by atoms with Gasteiger partial charge in [0.1, 0.15) is 22.7 Å². The van der Waals surface area contributed by atoms with Crippen molar-refractivity contribution >= 4 is 12.3 Å². The van der Waals surface area contributed by atoms with Crippen LogP contribution in [0.3, 0.4) is 0 Å². The van der Waals surface area contributed by atoms with Gasteiger partial charge in [-0.25, -0.2) is 9.59 Å². The van der Waals surface area contributed by atoms with Crippen molar-refractivity contribution in [1.82, 2.24) is 0 Å². The van der Waals surface area contributed by atoms with Crippen molar-refractivity contribution < 1.29 is 38.6 Å². The van der Waals surface area contributed by atoms with Crippen LogP contribution >= 0.6 is 0 Å². The van der Waals surface area contributed by atoms with Gasteiger partial charge in [-0.1, -0.05) is 90.5 Å². The predicted molar refractivity (Wildman–Crippen MR) is 158 cm³/mol. The van der Waals surface area contributed by atoms with Crippen LogP contribution in [0.15, 0.2) is 48.5 Å². The first-order chi connectivity index (χ1) is 19.3. The lowest BCUT2D eigenvalue weighted by Gasteiger charge is -2.26. The van der Waals surface area contributed by atoms with Gasteiger partial charge in [-0.3, -0.25) is 9.78 Å². The van der Waals surface area contributed by atoms with Gasteiger partial charge in [-0.05, 0) is 75.9 Å². The van der Waals surface area contributed by atoms with Crippen molar-refractivity contribution in [3.8, 4) is 11.5 Å². The van der Waals surface area contributed by atoms with Crippen LogP contribution in [-0.2, 0) is 25.0 Å². The molecule has 0 aliphatic rings. The van der Waals surface area contributed by atoms with Gasteiger partial charge in [0.25, 0.3) is 0 Å². The lowest BCUT2D eigenvalue weighted by Crippen LogP contribution is -2.27. The standard InChI is InChI=1S/C33H48O8/c1-9-11-13-23-31(3,4)40-38-29(34)36-27-19-15-25(16-20-27)33(7,8)26-17-21-28(22-18-26)37-30(35)39-41-32(5,6)24-14-12-10-2/h15-22H,9-14,23-24H2,1-8H3. The molecule has 2 aromatic carbocycles. The lowest BCUT2D eigenvalue weighted by atomic mass is 9.78. The number of ether oxygens (including phenoxy) is 2. The first-order valence-electron chi connectivity index (χ1n) is 14.6. The van der Waals surface area contributed by atoms with Gasteiger partial charge < -0.3 is 9.47 Å². The molecular weight excluding hydrogens is 524 g/mol. The van der Waals surface area contributed by atoms with Gasteiger partial charge in [-0.15, -0.1) is 0 Å². The minimum Gasteiger partial charge on any atom is -0.393 e. The Balaban J connectivity index is 1.89. The molecule has 41 heavy (non-hydrogen) atoms. The molecule has 2 aromatic rings. The summed E-state index contributed by atoms with van der Waals surface area (Å²) in [6.45, 7) is 15.9. The molecule has 0 spiro atoms. The summed E-state index contributed by atoms with van der Waals surface area (Å²) in [5.74, 6) is 0.694. The van der Waals surface area contributed by atoms with Gasteiger partial charge in [0.2, 0.25) is 0 Å². The molecule has 0 amide bonds. The van der Waals surface area contributed by atoms with E-state index in [0.717, 1.165) is 62.5 Å². The Labute approximate surface area is 245 Å². The van der Waals surface area contributed by atoms with Crippen LogP contribution in [-0.4, -0.2) is 23.5 Å². The van der Waals surface area contributed by atoms with Crippen LogP contribution in [0.4, 0.5) is 9.59 Å². The number of benzene rings is 2. The van der Waals surface area contributed by atoms with Crippen LogP contribution in [0.5, 0.6) is 11.5 Å². The third kappa shape index (κ3) is 12.1. The van der Waals surface area contributed by atoms with Crippen molar-refractivity contribution in [2.75, 3.05) is 0 Å². The Morgan fingerprint density at radius 1 is 0.561 bits per heavy atom. The summed E-state index contributed by atoms with van der Waals surface area (Å²) >= 11 is 0. The van der Waals surface area contributed by atoms with Crippen molar-refractivity contribution in [2.24, 2.45) is 0 Å². The second kappa shape index (κ2) is 15.8. The smallest absolute Gasteiger partial charge is 0.393 e. The molecule has 0 aliphatic carbocycles. The molecule has 0 bridgehead atoms. The van der Waals surface area contributed by atoms with Crippen molar-refractivity contribution in [2.45, 2.75) is 123 Å². The second-order valence-corrected chi connectivity index (χ2v) is 12.1. The average molecular weight is 573 g/mol. The van der Waals surface area contributed by atoms with E-state index in [9.17, 15) is 9.59 Å². The Morgan fingerprint density at radius 2 is 0.902 bits per heavy atom. The van der Waals surface area contributed by atoms with E-state index in [2.05, 4.69) is 27.7 Å². The molecule has 0 heterocycles. The fourth-order valence-corrected chi connectivity index (χ4v) is 4.25.